The molecule has 1 heterocycles. The van der Waals surface area contributed by atoms with Crippen LogP contribution in [0.3, 0.4) is 0 Å². The Morgan fingerprint density at radius 3 is 2.35 bits per heavy atom. The highest BCUT2D eigenvalue weighted by Crippen LogP contribution is 2.24. The van der Waals surface area contributed by atoms with E-state index in [-0.39, 0.29) is 34.2 Å². The van der Waals surface area contributed by atoms with Crippen molar-refractivity contribution in [3.63, 3.8) is 0 Å². The van der Waals surface area contributed by atoms with Crippen LogP contribution in [-0.2, 0) is 9.53 Å². The third-order valence-electron chi connectivity index (χ3n) is 5.94. The van der Waals surface area contributed by atoms with Crippen LogP contribution >= 0.6 is 22.6 Å². The molecular weight excluding hydrogens is 516 g/mol. The van der Waals surface area contributed by atoms with Crippen molar-refractivity contribution in [3.05, 3.63) is 35.6 Å². The van der Waals surface area contributed by atoms with Crippen LogP contribution in [0.1, 0.15) is 48.9 Å². The van der Waals surface area contributed by atoms with Crippen LogP contribution in [0.5, 0.6) is 0 Å². The van der Waals surface area contributed by atoms with E-state index < -0.39 is 6.04 Å². The number of ether oxygens (including phenoxy) is 1. The lowest BCUT2D eigenvalue weighted by atomic mass is 10.0. The number of amides is 3. The van der Waals surface area contributed by atoms with E-state index >= 15 is 0 Å². The molecule has 31 heavy (non-hydrogen) atoms. The van der Waals surface area contributed by atoms with Gasteiger partial charge in [0.05, 0.1) is 6.61 Å². The zero-order valence-electron chi connectivity index (χ0n) is 17.4. The predicted octanol–water partition coefficient (Wildman–Crippen LogP) is 3.27. The number of piperidine rings is 1. The smallest absolute Gasteiger partial charge is 0.281 e. The second-order valence-corrected chi connectivity index (χ2v) is 9.22. The molecular formula is C22H29FIN3O4. The van der Waals surface area contributed by atoms with E-state index in [0.29, 0.717) is 44.0 Å². The van der Waals surface area contributed by atoms with Gasteiger partial charge in [-0.05, 0) is 55.9 Å². The average Bonchev–Trinajstić information content (AvgIpc) is 3.27. The summed E-state index contributed by atoms with van der Waals surface area (Å²) in [4.78, 5) is 38.5. The second kappa shape index (κ2) is 11.8. The molecule has 9 heteroatoms. The van der Waals surface area contributed by atoms with Crippen molar-refractivity contribution in [3.8, 4) is 0 Å². The normalized spacial score (nSPS) is 18.6. The minimum Gasteiger partial charge on any atom is -0.378 e. The van der Waals surface area contributed by atoms with Crippen molar-refractivity contribution < 1.29 is 23.5 Å². The number of rotatable bonds is 8. The molecule has 1 saturated heterocycles. The van der Waals surface area contributed by atoms with Crippen LogP contribution in [0.15, 0.2) is 24.3 Å². The van der Waals surface area contributed by atoms with Gasteiger partial charge in [0.15, 0.2) is 0 Å². The molecule has 0 aromatic heterocycles. The highest BCUT2D eigenvalue weighted by atomic mass is 127. The molecule has 1 atom stereocenters. The molecule has 2 fully saturated rings. The highest BCUT2D eigenvalue weighted by Gasteiger charge is 2.28. The summed E-state index contributed by atoms with van der Waals surface area (Å²) in [6.45, 7) is 1.77. The Morgan fingerprint density at radius 1 is 1.10 bits per heavy atom. The lowest BCUT2D eigenvalue weighted by Gasteiger charge is -2.33. The summed E-state index contributed by atoms with van der Waals surface area (Å²) < 4.78 is 18.5. The Balaban J connectivity index is 1.45. The SMILES string of the molecule is O=C(I)NC(COCC1CCCC1)C(=O)NC1CCN(C(=O)c2ccc(F)cc2)CC1. The van der Waals surface area contributed by atoms with Gasteiger partial charge in [0.1, 0.15) is 11.9 Å². The van der Waals surface area contributed by atoms with E-state index in [1.807, 2.05) is 0 Å². The minimum atomic E-state index is -0.732. The first-order valence-corrected chi connectivity index (χ1v) is 11.9. The number of halogens is 2. The van der Waals surface area contributed by atoms with Crippen LogP contribution in [0.2, 0.25) is 0 Å². The molecule has 0 spiro atoms. The van der Waals surface area contributed by atoms with Crippen molar-refractivity contribution in [2.24, 2.45) is 5.92 Å². The van der Waals surface area contributed by atoms with Gasteiger partial charge in [-0.1, -0.05) is 12.8 Å². The van der Waals surface area contributed by atoms with Crippen molar-refractivity contribution in [2.75, 3.05) is 26.3 Å². The lowest BCUT2D eigenvalue weighted by molar-refractivity contribution is -0.125. The molecule has 170 valence electrons. The van der Waals surface area contributed by atoms with Gasteiger partial charge < -0.3 is 20.3 Å². The number of likely N-dealkylation sites (tertiary alicyclic amines) is 1. The largest absolute Gasteiger partial charge is 0.378 e. The Labute approximate surface area is 195 Å². The summed E-state index contributed by atoms with van der Waals surface area (Å²) in [6.07, 6.45) is 6.00. The number of nitrogens with one attached hydrogen (secondary N) is 2. The quantitative estimate of drug-likeness (QED) is 0.298. The maximum atomic E-state index is 13.1. The lowest BCUT2D eigenvalue weighted by Crippen LogP contribution is -2.53. The molecule has 1 unspecified atom stereocenters. The van der Waals surface area contributed by atoms with E-state index in [9.17, 15) is 18.8 Å². The van der Waals surface area contributed by atoms with E-state index in [1.165, 1.54) is 37.1 Å². The summed E-state index contributed by atoms with van der Waals surface area (Å²) in [5, 5.41) is 5.65. The Morgan fingerprint density at radius 2 is 1.74 bits per heavy atom. The van der Waals surface area contributed by atoms with Gasteiger partial charge in [-0.15, -0.1) is 0 Å². The molecule has 0 bridgehead atoms. The number of carbonyl (C=O) groups is 3. The van der Waals surface area contributed by atoms with Gasteiger partial charge in [0, 0.05) is 53.9 Å². The topological polar surface area (TPSA) is 87.7 Å². The fourth-order valence-electron chi connectivity index (χ4n) is 4.15. The van der Waals surface area contributed by atoms with Gasteiger partial charge >= 0.3 is 0 Å². The number of benzene rings is 1. The monoisotopic (exact) mass is 545 g/mol. The van der Waals surface area contributed by atoms with E-state index in [0.717, 1.165) is 12.8 Å². The van der Waals surface area contributed by atoms with Crippen LogP contribution in [0.4, 0.5) is 9.18 Å². The van der Waals surface area contributed by atoms with Gasteiger partial charge in [0.2, 0.25) is 5.91 Å². The molecule has 1 aliphatic heterocycles. The molecule has 2 aliphatic rings. The Kier molecular flexibility index (Phi) is 9.06. The van der Waals surface area contributed by atoms with Crippen molar-refractivity contribution in [1.82, 2.24) is 15.5 Å². The average molecular weight is 545 g/mol. The number of carbonyl (C=O) groups excluding carboxylic acids is 3. The fraction of sp³-hybridized carbons (Fsp3) is 0.591. The summed E-state index contributed by atoms with van der Waals surface area (Å²) in [5.74, 6) is -0.236. The first-order chi connectivity index (χ1) is 14.9. The van der Waals surface area contributed by atoms with E-state index in [4.69, 9.17) is 4.74 Å². The number of hydrogen-bond acceptors (Lipinski definition) is 4. The Bertz CT molecular complexity index is 763. The molecule has 1 saturated carbocycles. The fourth-order valence-corrected chi connectivity index (χ4v) is 4.53. The third kappa shape index (κ3) is 7.41. The van der Waals surface area contributed by atoms with Crippen molar-refractivity contribution >= 4 is 38.3 Å². The van der Waals surface area contributed by atoms with Gasteiger partial charge in [-0.3, -0.25) is 14.4 Å². The molecule has 3 rings (SSSR count). The molecule has 3 amide bonds. The summed E-state index contributed by atoms with van der Waals surface area (Å²) in [6, 6.07) is 4.70. The van der Waals surface area contributed by atoms with Crippen LogP contribution in [-0.4, -0.2) is 59.0 Å². The van der Waals surface area contributed by atoms with Crippen molar-refractivity contribution in [1.29, 1.82) is 0 Å². The first kappa shape index (κ1) is 23.9. The molecule has 1 aromatic carbocycles. The molecule has 1 aliphatic carbocycles. The number of hydrogen-bond donors (Lipinski definition) is 2. The minimum absolute atomic E-state index is 0.0757. The van der Waals surface area contributed by atoms with E-state index in [1.54, 1.807) is 27.5 Å². The zero-order chi connectivity index (χ0) is 22.2. The summed E-state index contributed by atoms with van der Waals surface area (Å²) >= 11 is 1.62. The van der Waals surface area contributed by atoms with Crippen molar-refractivity contribution in [2.45, 2.75) is 50.6 Å². The van der Waals surface area contributed by atoms with Crippen LogP contribution in [0.25, 0.3) is 0 Å². The van der Waals surface area contributed by atoms with Gasteiger partial charge in [-0.25, -0.2) is 4.39 Å². The molecule has 1 aromatic rings. The number of nitrogens with zero attached hydrogens (tertiary/aromatic N) is 1. The third-order valence-corrected chi connectivity index (χ3v) is 6.25. The first-order valence-electron chi connectivity index (χ1n) is 10.8. The van der Waals surface area contributed by atoms with E-state index in [2.05, 4.69) is 10.6 Å². The maximum absolute atomic E-state index is 13.1. The van der Waals surface area contributed by atoms with Gasteiger partial charge in [-0.2, -0.15) is 0 Å². The zero-order valence-corrected chi connectivity index (χ0v) is 19.6. The standard InChI is InChI=1S/C22H29FIN3O4/c23-17-7-5-16(6-8-17)21(29)27-11-9-18(10-12-27)25-20(28)19(26-22(24)30)14-31-13-15-3-1-2-4-15/h5-8,15,18-19H,1-4,9-14H2,(H,25,28)(H,26,30). The summed E-state index contributed by atoms with van der Waals surface area (Å²) in [5.41, 5.74) is 0.452. The van der Waals surface area contributed by atoms with Crippen LogP contribution in [0, 0.1) is 11.7 Å². The molecule has 2 N–H and O–H groups in total. The predicted molar refractivity (Wildman–Crippen MR) is 123 cm³/mol. The highest BCUT2D eigenvalue weighted by molar-refractivity contribution is 14.1. The van der Waals surface area contributed by atoms with Crippen LogP contribution < -0.4 is 10.6 Å². The molecule has 0 radical (unpaired) electrons. The second-order valence-electron chi connectivity index (χ2n) is 8.24. The molecule has 7 nitrogen and oxygen atoms in total. The Hall–Kier alpha value is -1.75. The maximum Gasteiger partial charge on any atom is 0.281 e. The van der Waals surface area contributed by atoms with Gasteiger partial charge in [0.25, 0.3) is 9.82 Å². The summed E-state index contributed by atoms with van der Waals surface area (Å²) in [7, 11) is 0.